The van der Waals surface area contributed by atoms with Crippen LogP contribution in [0.5, 0.6) is 0 Å². The first kappa shape index (κ1) is 13.2. The SMILES string of the molecule is CCC(C)(CNC(C)C)Cc1ccccc1. The van der Waals surface area contributed by atoms with E-state index in [9.17, 15) is 0 Å². The standard InChI is InChI=1S/C15H25N/c1-5-15(4,12-16-13(2)3)11-14-9-7-6-8-10-14/h6-10,13,16H,5,11-12H2,1-4H3. The Morgan fingerprint density at radius 1 is 1.19 bits per heavy atom. The van der Waals surface area contributed by atoms with Gasteiger partial charge < -0.3 is 5.32 Å². The van der Waals surface area contributed by atoms with E-state index in [4.69, 9.17) is 0 Å². The summed E-state index contributed by atoms with van der Waals surface area (Å²) in [6.45, 7) is 10.2. The van der Waals surface area contributed by atoms with Crippen LogP contribution < -0.4 is 5.32 Å². The van der Waals surface area contributed by atoms with E-state index in [-0.39, 0.29) is 0 Å². The molecule has 1 N–H and O–H groups in total. The lowest BCUT2D eigenvalue weighted by Crippen LogP contribution is -2.36. The third kappa shape index (κ3) is 4.36. The van der Waals surface area contributed by atoms with E-state index >= 15 is 0 Å². The lowest BCUT2D eigenvalue weighted by atomic mass is 9.81. The quantitative estimate of drug-likeness (QED) is 0.770. The first-order valence-electron chi connectivity index (χ1n) is 6.33. The number of hydrogen-bond donors (Lipinski definition) is 1. The maximum atomic E-state index is 3.56. The molecular formula is C15H25N. The van der Waals surface area contributed by atoms with Crippen LogP contribution in [-0.2, 0) is 6.42 Å². The van der Waals surface area contributed by atoms with Crippen molar-refractivity contribution in [3.63, 3.8) is 0 Å². The maximum absolute atomic E-state index is 3.56. The highest BCUT2D eigenvalue weighted by Crippen LogP contribution is 2.25. The van der Waals surface area contributed by atoms with E-state index in [2.05, 4.69) is 63.3 Å². The fourth-order valence-corrected chi connectivity index (χ4v) is 1.85. The molecule has 0 saturated carbocycles. The molecule has 1 rings (SSSR count). The summed E-state index contributed by atoms with van der Waals surface area (Å²) in [5, 5.41) is 3.56. The second-order valence-electron chi connectivity index (χ2n) is 5.36. The summed E-state index contributed by atoms with van der Waals surface area (Å²) in [6.07, 6.45) is 2.37. The third-order valence-corrected chi connectivity index (χ3v) is 3.26. The average molecular weight is 219 g/mol. The lowest BCUT2D eigenvalue weighted by Gasteiger charge is -2.30. The molecule has 0 aliphatic rings. The van der Waals surface area contributed by atoms with Crippen molar-refractivity contribution in [1.29, 1.82) is 0 Å². The smallest absolute Gasteiger partial charge is 0.00106 e. The molecule has 90 valence electrons. The first-order valence-corrected chi connectivity index (χ1v) is 6.33. The van der Waals surface area contributed by atoms with E-state index in [1.54, 1.807) is 0 Å². The van der Waals surface area contributed by atoms with Crippen LogP contribution in [-0.4, -0.2) is 12.6 Å². The third-order valence-electron chi connectivity index (χ3n) is 3.26. The van der Waals surface area contributed by atoms with Crippen LogP contribution in [0.3, 0.4) is 0 Å². The molecule has 1 unspecified atom stereocenters. The molecule has 0 amide bonds. The highest BCUT2D eigenvalue weighted by molar-refractivity contribution is 5.16. The Morgan fingerprint density at radius 2 is 1.81 bits per heavy atom. The lowest BCUT2D eigenvalue weighted by molar-refractivity contribution is 0.281. The van der Waals surface area contributed by atoms with E-state index in [1.807, 2.05) is 0 Å². The predicted octanol–water partition coefficient (Wildman–Crippen LogP) is 3.64. The van der Waals surface area contributed by atoms with Gasteiger partial charge in [-0.15, -0.1) is 0 Å². The normalized spacial score (nSPS) is 15.1. The fraction of sp³-hybridized carbons (Fsp3) is 0.600. The van der Waals surface area contributed by atoms with Crippen LogP contribution in [0.15, 0.2) is 30.3 Å². The molecule has 1 aromatic rings. The van der Waals surface area contributed by atoms with Crippen molar-refractivity contribution in [2.24, 2.45) is 5.41 Å². The van der Waals surface area contributed by atoms with Gasteiger partial charge in [0.25, 0.3) is 0 Å². The molecule has 0 bridgehead atoms. The van der Waals surface area contributed by atoms with Gasteiger partial charge in [0.2, 0.25) is 0 Å². The zero-order chi connectivity index (χ0) is 12.0. The van der Waals surface area contributed by atoms with Crippen LogP contribution in [0.1, 0.15) is 39.7 Å². The van der Waals surface area contributed by atoms with E-state index in [0.717, 1.165) is 13.0 Å². The molecule has 1 aromatic carbocycles. The summed E-state index contributed by atoms with van der Waals surface area (Å²) in [7, 11) is 0. The molecule has 0 aromatic heterocycles. The minimum Gasteiger partial charge on any atom is -0.314 e. The molecule has 0 heterocycles. The van der Waals surface area contributed by atoms with Gasteiger partial charge in [0.15, 0.2) is 0 Å². The van der Waals surface area contributed by atoms with E-state index in [0.29, 0.717) is 11.5 Å². The van der Waals surface area contributed by atoms with Gasteiger partial charge in [0.05, 0.1) is 0 Å². The highest BCUT2D eigenvalue weighted by Gasteiger charge is 2.22. The summed E-state index contributed by atoms with van der Waals surface area (Å²) in [6, 6.07) is 11.4. The summed E-state index contributed by atoms with van der Waals surface area (Å²) in [4.78, 5) is 0. The Bertz CT molecular complexity index is 292. The number of nitrogens with one attached hydrogen (secondary N) is 1. The molecule has 1 nitrogen and oxygen atoms in total. The summed E-state index contributed by atoms with van der Waals surface area (Å²) in [5.41, 5.74) is 1.81. The maximum Gasteiger partial charge on any atom is 0.00106 e. The van der Waals surface area contributed by atoms with Crippen LogP contribution in [0.2, 0.25) is 0 Å². The van der Waals surface area contributed by atoms with Crippen molar-refractivity contribution in [3.8, 4) is 0 Å². The molecule has 16 heavy (non-hydrogen) atoms. The van der Waals surface area contributed by atoms with Crippen LogP contribution in [0.25, 0.3) is 0 Å². The number of hydrogen-bond acceptors (Lipinski definition) is 1. The van der Waals surface area contributed by atoms with E-state index < -0.39 is 0 Å². The summed E-state index contributed by atoms with van der Waals surface area (Å²) >= 11 is 0. The largest absolute Gasteiger partial charge is 0.314 e. The Kier molecular flexibility index (Phi) is 5.01. The van der Waals surface area contributed by atoms with Crippen LogP contribution in [0.4, 0.5) is 0 Å². The Hall–Kier alpha value is -0.820. The summed E-state index contributed by atoms with van der Waals surface area (Å²) in [5.74, 6) is 0. The fourth-order valence-electron chi connectivity index (χ4n) is 1.85. The molecule has 0 aliphatic heterocycles. The van der Waals surface area contributed by atoms with Crippen LogP contribution in [0, 0.1) is 5.41 Å². The second kappa shape index (κ2) is 6.05. The number of benzene rings is 1. The average Bonchev–Trinajstić information content (AvgIpc) is 2.28. The van der Waals surface area contributed by atoms with Crippen molar-refractivity contribution in [3.05, 3.63) is 35.9 Å². The zero-order valence-electron chi connectivity index (χ0n) is 11.1. The van der Waals surface area contributed by atoms with Gasteiger partial charge in [-0.2, -0.15) is 0 Å². The monoisotopic (exact) mass is 219 g/mol. The molecule has 0 saturated heterocycles. The Labute approximate surface area is 100 Å². The van der Waals surface area contributed by atoms with Gasteiger partial charge in [-0.3, -0.25) is 0 Å². The minimum atomic E-state index is 0.367. The van der Waals surface area contributed by atoms with Gasteiger partial charge >= 0.3 is 0 Å². The molecule has 0 aliphatic carbocycles. The molecule has 0 radical (unpaired) electrons. The van der Waals surface area contributed by atoms with Gasteiger partial charge in [0.1, 0.15) is 0 Å². The van der Waals surface area contributed by atoms with Crippen molar-refractivity contribution in [1.82, 2.24) is 5.32 Å². The Morgan fingerprint density at radius 3 is 2.31 bits per heavy atom. The molecule has 1 heteroatoms. The highest BCUT2D eigenvalue weighted by atomic mass is 14.9. The molecule has 0 spiro atoms. The zero-order valence-corrected chi connectivity index (χ0v) is 11.1. The van der Waals surface area contributed by atoms with Crippen LogP contribution >= 0.6 is 0 Å². The van der Waals surface area contributed by atoms with Gasteiger partial charge in [0, 0.05) is 12.6 Å². The van der Waals surface area contributed by atoms with E-state index in [1.165, 1.54) is 12.0 Å². The molecule has 1 atom stereocenters. The van der Waals surface area contributed by atoms with Crippen molar-refractivity contribution >= 4 is 0 Å². The van der Waals surface area contributed by atoms with Gasteiger partial charge in [-0.25, -0.2) is 0 Å². The van der Waals surface area contributed by atoms with Crippen molar-refractivity contribution < 1.29 is 0 Å². The first-order chi connectivity index (χ1) is 7.56. The molecular weight excluding hydrogens is 194 g/mol. The minimum absolute atomic E-state index is 0.367. The Balaban J connectivity index is 2.59. The van der Waals surface area contributed by atoms with Gasteiger partial charge in [-0.1, -0.05) is 58.0 Å². The number of rotatable bonds is 6. The van der Waals surface area contributed by atoms with Gasteiger partial charge in [-0.05, 0) is 23.8 Å². The topological polar surface area (TPSA) is 12.0 Å². The van der Waals surface area contributed by atoms with Crippen molar-refractivity contribution in [2.75, 3.05) is 6.54 Å². The summed E-state index contributed by atoms with van der Waals surface area (Å²) < 4.78 is 0. The van der Waals surface area contributed by atoms with Crippen molar-refractivity contribution in [2.45, 2.75) is 46.6 Å². The predicted molar refractivity (Wildman–Crippen MR) is 71.7 cm³/mol. The molecule has 0 fully saturated rings. The second-order valence-corrected chi connectivity index (χ2v) is 5.36.